The molecule has 90 valence electrons. The van der Waals surface area contributed by atoms with Crippen molar-refractivity contribution in [1.29, 1.82) is 0 Å². The molecule has 1 heterocycles. The van der Waals surface area contributed by atoms with Crippen LogP contribution in [0.1, 0.15) is 18.4 Å². The van der Waals surface area contributed by atoms with Crippen LogP contribution in [-0.4, -0.2) is 36.9 Å². The SMILES string of the molecule is CCc1cc(NCCS(C)(=O)=O)nc(C)n1. The molecule has 0 aliphatic rings. The molecule has 0 spiro atoms. The van der Waals surface area contributed by atoms with Gasteiger partial charge < -0.3 is 5.32 Å². The zero-order valence-electron chi connectivity index (χ0n) is 9.82. The molecule has 0 aromatic carbocycles. The first-order valence-electron chi connectivity index (χ1n) is 5.17. The summed E-state index contributed by atoms with van der Waals surface area (Å²) >= 11 is 0. The van der Waals surface area contributed by atoms with Gasteiger partial charge in [0.25, 0.3) is 0 Å². The minimum absolute atomic E-state index is 0.109. The average Bonchev–Trinajstić information content (AvgIpc) is 2.14. The third-order valence-corrected chi connectivity index (χ3v) is 2.98. The number of sulfone groups is 1. The first-order chi connectivity index (χ1) is 7.40. The fraction of sp³-hybridized carbons (Fsp3) is 0.600. The van der Waals surface area contributed by atoms with E-state index in [0.29, 0.717) is 18.2 Å². The van der Waals surface area contributed by atoms with E-state index in [1.165, 1.54) is 6.26 Å². The van der Waals surface area contributed by atoms with E-state index in [1.807, 2.05) is 19.9 Å². The number of aromatic nitrogens is 2. The molecule has 0 atom stereocenters. The standard InChI is InChI=1S/C10H17N3O2S/c1-4-9-7-10(13-8(2)12-9)11-5-6-16(3,14)15/h7H,4-6H2,1-3H3,(H,11,12,13). The molecule has 0 saturated carbocycles. The molecule has 0 unspecified atom stereocenters. The lowest BCUT2D eigenvalue weighted by Gasteiger charge is -2.06. The number of hydrogen-bond acceptors (Lipinski definition) is 5. The van der Waals surface area contributed by atoms with Crippen LogP contribution in [0, 0.1) is 6.92 Å². The van der Waals surface area contributed by atoms with Gasteiger partial charge in [-0.15, -0.1) is 0 Å². The summed E-state index contributed by atoms with van der Waals surface area (Å²) in [7, 11) is -2.93. The second-order valence-corrected chi connectivity index (χ2v) is 5.96. The summed E-state index contributed by atoms with van der Waals surface area (Å²) in [6.45, 7) is 4.21. The van der Waals surface area contributed by atoms with Crippen LogP contribution in [0.25, 0.3) is 0 Å². The molecule has 1 rings (SSSR count). The Morgan fingerprint density at radius 3 is 2.62 bits per heavy atom. The Labute approximate surface area is 96.2 Å². The summed E-state index contributed by atoms with van der Waals surface area (Å²) in [5, 5.41) is 2.99. The average molecular weight is 243 g/mol. The highest BCUT2D eigenvalue weighted by Gasteiger charge is 2.03. The summed E-state index contributed by atoms with van der Waals surface area (Å²) < 4.78 is 21.9. The predicted octanol–water partition coefficient (Wildman–Crippen LogP) is 0.804. The maximum Gasteiger partial charge on any atom is 0.149 e. The molecule has 0 aliphatic heterocycles. The van der Waals surface area contributed by atoms with Gasteiger partial charge in [0.1, 0.15) is 21.5 Å². The molecular formula is C10H17N3O2S. The quantitative estimate of drug-likeness (QED) is 0.828. The van der Waals surface area contributed by atoms with Crippen molar-refractivity contribution in [2.45, 2.75) is 20.3 Å². The van der Waals surface area contributed by atoms with Gasteiger partial charge >= 0.3 is 0 Å². The van der Waals surface area contributed by atoms with E-state index in [-0.39, 0.29) is 5.75 Å². The van der Waals surface area contributed by atoms with Crippen LogP contribution in [0.2, 0.25) is 0 Å². The number of nitrogens with one attached hydrogen (secondary N) is 1. The minimum atomic E-state index is -2.93. The smallest absolute Gasteiger partial charge is 0.149 e. The summed E-state index contributed by atoms with van der Waals surface area (Å²) in [6, 6.07) is 1.84. The summed E-state index contributed by atoms with van der Waals surface area (Å²) in [5.74, 6) is 1.49. The van der Waals surface area contributed by atoms with Crippen molar-refractivity contribution >= 4 is 15.7 Å². The molecule has 0 fully saturated rings. The predicted molar refractivity (Wildman–Crippen MR) is 64.3 cm³/mol. The normalized spacial score (nSPS) is 11.4. The molecule has 6 heteroatoms. The number of rotatable bonds is 5. The molecule has 0 saturated heterocycles. The Kier molecular flexibility index (Phi) is 4.23. The van der Waals surface area contributed by atoms with E-state index in [4.69, 9.17) is 0 Å². The largest absolute Gasteiger partial charge is 0.369 e. The molecular weight excluding hydrogens is 226 g/mol. The zero-order valence-corrected chi connectivity index (χ0v) is 10.6. The molecule has 5 nitrogen and oxygen atoms in total. The first-order valence-corrected chi connectivity index (χ1v) is 7.23. The summed E-state index contributed by atoms with van der Waals surface area (Å²) in [4.78, 5) is 8.42. The maximum absolute atomic E-state index is 10.9. The van der Waals surface area contributed by atoms with Gasteiger partial charge in [0.15, 0.2) is 0 Å². The lowest BCUT2D eigenvalue weighted by atomic mass is 10.3. The Hall–Kier alpha value is -1.17. The Bertz CT molecular complexity index is 457. The molecule has 0 aliphatic carbocycles. The van der Waals surface area contributed by atoms with E-state index in [2.05, 4.69) is 15.3 Å². The number of anilines is 1. The van der Waals surface area contributed by atoms with Gasteiger partial charge in [-0.1, -0.05) is 6.92 Å². The second-order valence-electron chi connectivity index (χ2n) is 3.70. The van der Waals surface area contributed by atoms with Gasteiger partial charge in [0.05, 0.1) is 5.75 Å². The van der Waals surface area contributed by atoms with Crippen LogP contribution in [0.15, 0.2) is 6.07 Å². The van der Waals surface area contributed by atoms with Gasteiger partial charge in [-0.05, 0) is 13.3 Å². The number of hydrogen-bond donors (Lipinski definition) is 1. The van der Waals surface area contributed by atoms with Crippen molar-refractivity contribution in [2.75, 3.05) is 23.9 Å². The summed E-state index contributed by atoms with van der Waals surface area (Å²) in [6.07, 6.45) is 2.06. The monoisotopic (exact) mass is 243 g/mol. The molecule has 0 radical (unpaired) electrons. The van der Waals surface area contributed by atoms with E-state index >= 15 is 0 Å². The zero-order chi connectivity index (χ0) is 12.2. The van der Waals surface area contributed by atoms with E-state index in [9.17, 15) is 8.42 Å². The highest BCUT2D eigenvalue weighted by molar-refractivity contribution is 7.90. The lowest BCUT2D eigenvalue weighted by molar-refractivity contribution is 0.602. The van der Waals surface area contributed by atoms with Crippen LogP contribution in [0.3, 0.4) is 0 Å². The molecule has 16 heavy (non-hydrogen) atoms. The van der Waals surface area contributed by atoms with Gasteiger partial charge in [-0.2, -0.15) is 0 Å². The maximum atomic E-state index is 10.9. The van der Waals surface area contributed by atoms with E-state index < -0.39 is 9.84 Å². The first kappa shape index (κ1) is 12.9. The molecule has 1 N–H and O–H groups in total. The topological polar surface area (TPSA) is 72.0 Å². The van der Waals surface area contributed by atoms with Crippen LogP contribution >= 0.6 is 0 Å². The number of aryl methyl sites for hydroxylation is 2. The Morgan fingerprint density at radius 1 is 1.38 bits per heavy atom. The molecule has 0 bridgehead atoms. The van der Waals surface area contributed by atoms with Gasteiger partial charge in [-0.25, -0.2) is 18.4 Å². The fourth-order valence-electron chi connectivity index (χ4n) is 1.27. The third kappa shape index (κ3) is 4.57. The van der Waals surface area contributed by atoms with Crippen LogP contribution in [0.5, 0.6) is 0 Å². The van der Waals surface area contributed by atoms with Crippen molar-refractivity contribution < 1.29 is 8.42 Å². The molecule has 1 aromatic rings. The van der Waals surface area contributed by atoms with Gasteiger partial charge in [0.2, 0.25) is 0 Å². The minimum Gasteiger partial charge on any atom is -0.369 e. The van der Waals surface area contributed by atoms with Crippen molar-refractivity contribution in [3.05, 3.63) is 17.6 Å². The van der Waals surface area contributed by atoms with Crippen molar-refractivity contribution in [2.24, 2.45) is 0 Å². The van der Waals surface area contributed by atoms with Crippen molar-refractivity contribution in [1.82, 2.24) is 9.97 Å². The highest BCUT2D eigenvalue weighted by atomic mass is 32.2. The lowest BCUT2D eigenvalue weighted by Crippen LogP contribution is -2.15. The molecule has 1 aromatic heterocycles. The Morgan fingerprint density at radius 2 is 2.06 bits per heavy atom. The second kappa shape index (κ2) is 5.25. The van der Waals surface area contributed by atoms with Gasteiger partial charge in [0, 0.05) is 24.6 Å². The van der Waals surface area contributed by atoms with E-state index in [0.717, 1.165) is 12.1 Å². The highest BCUT2D eigenvalue weighted by Crippen LogP contribution is 2.06. The number of nitrogens with zero attached hydrogens (tertiary/aromatic N) is 2. The fourth-order valence-corrected chi connectivity index (χ4v) is 1.74. The van der Waals surface area contributed by atoms with Crippen molar-refractivity contribution in [3.63, 3.8) is 0 Å². The van der Waals surface area contributed by atoms with Crippen LogP contribution in [0.4, 0.5) is 5.82 Å². The third-order valence-electron chi connectivity index (χ3n) is 2.03. The van der Waals surface area contributed by atoms with E-state index in [1.54, 1.807) is 0 Å². The van der Waals surface area contributed by atoms with Gasteiger partial charge in [-0.3, -0.25) is 0 Å². The Balaban J connectivity index is 2.63. The molecule has 0 amide bonds. The summed E-state index contributed by atoms with van der Waals surface area (Å²) in [5.41, 5.74) is 0.953. The van der Waals surface area contributed by atoms with Crippen LogP contribution in [-0.2, 0) is 16.3 Å². The van der Waals surface area contributed by atoms with Crippen molar-refractivity contribution in [3.8, 4) is 0 Å². The van der Waals surface area contributed by atoms with Crippen LogP contribution < -0.4 is 5.32 Å².